The van der Waals surface area contributed by atoms with Crippen LogP contribution >= 0.6 is 0 Å². The van der Waals surface area contributed by atoms with E-state index < -0.39 is 11.6 Å². The number of carboxylic acid groups (broad SMARTS) is 1. The monoisotopic (exact) mass is 216 g/mol. The Bertz CT molecular complexity index is 176. The molecule has 0 saturated carbocycles. The van der Waals surface area contributed by atoms with Crippen molar-refractivity contribution in [3.63, 3.8) is 0 Å². The molecule has 0 aromatic rings. The third-order valence-electron chi connectivity index (χ3n) is 2.60. The number of hydrogen-bond donors (Lipinski definition) is 2. The molecule has 3 heteroatoms. The van der Waals surface area contributed by atoms with Crippen molar-refractivity contribution in [3.8, 4) is 0 Å². The second-order valence-corrected chi connectivity index (χ2v) is 4.59. The predicted molar refractivity (Wildman–Crippen MR) is 60.9 cm³/mol. The standard InChI is InChI=1S/C12H24O3/c1-3-4-5-6-7-8-9-12(2,15)10-11(13)14/h15H,3-10H2,1-2H3,(H,13,14). The molecule has 1 unspecified atom stereocenters. The molecule has 0 aromatic carbocycles. The first-order valence-electron chi connectivity index (χ1n) is 5.92. The van der Waals surface area contributed by atoms with E-state index >= 15 is 0 Å². The van der Waals surface area contributed by atoms with Gasteiger partial charge in [-0.25, -0.2) is 0 Å². The minimum absolute atomic E-state index is 0.151. The molecular formula is C12H24O3. The molecule has 90 valence electrons. The van der Waals surface area contributed by atoms with Gasteiger partial charge in [0.05, 0.1) is 12.0 Å². The number of aliphatic carboxylic acids is 1. The lowest BCUT2D eigenvalue weighted by molar-refractivity contribution is -0.142. The highest BCUT2D eigenvalue weighted by Gasteiger charge is 2.23. The van der Waals surface area contributed by atoms with Crippen LogP contribution in [-0.4, -0.2) is 21.8 Å². The van der Waals surface area contributed by atoms with Crippen LogP contribution in [0.3, 0.4) is 0 Å². The first kappa shape index (κ1) is 14.4. The van der Waals surface area contributed by atoms with Gasteiger partial charge in [0.1, 0.15) is 0 Å². The Kier molecular flexibility index (Phi) is 7.39. The van der Waals surface area contributed by atoms with Crippen molar-refractivity contribution in [2.75, 3.05) is 0 Å². The quantitative estimate of drug-likeness (QED) is 0.582. The maximum Gasteiger partial charge on any atom is 0.306 e. The van der Waals surface area contributed by atoms with Crippen molar-refractivity contribution >= 4 is 5.97 Å². The minimum atomic E-state index is -1.03. The summed E-state index contributed by atoms with van der Waals surface area (Å²) in [6.07, 6.45) is 7.39. The first-order chi connectivity index (χ1) is 6.98. The molecule has 0 aliphatic heterocycles. The van der Waals surface area contributed by atoms with Crippen LogP contribution in [-0.2, 0) is 4.79 Å². The van der Waals surface area contributed by atoms with E-state index in [-0.39, 0.29) is 6.42 Å². The molecule has 0 rings (SSSR count). The summed E-state index contributed by atoms with van der Waals surface area (Å²) in [7, 11) is 0. The summed E-state index contributed by atoms with van der Waals surface area (Å²) < 4.78 is 0. The van der Waals surface area contributed by atoms with Crippen LogP contribution in [0, 0.1) is 0 Å². The average molecular weight is 216 g/mol. The van der Waals surface area contributed by atoms with E-state index in [0.29, 0.717) is 6.42 Å². The average Bonchev–Trinajstić information content (AvgIpc) is 2.08. The third-order valence-corrected chi connectivity index (χ3v) is 2.60. The zero-order valence-corrected chi connectivity index (χ0v) is 9.96. The molecule has 0 spiro atoms. The van der Waals surface area contributed by atoms with Gasteiger partial charge in [-0.3, -0.25) is 4.79 Å². The zero-order chi connectivity index (χ0) is 11.7. The summed E-state index contributed by atoms with van der Waals surface area (Å²) in [4.78, 5) is 10.4. The van der Waals surface area contributed by atoms with Gasteiger partial charge in [-0.05, 0) is 13.3 Å². The van der Waals surface area contributed by atoms with Crippen LogP contribution in [0.2, 0.25) is 0 Å². The fourth-order valence-corrected chi connectivity index (χ4v) is 1.70. The number of rotatable bonds is 9. The van der Waals surface area contributed by atoms with Crippen molar-refractivity contribution in [2.45, 2.75) is 70.8 Å². The summed E-state index contributed by atoms with van der Waals surface area (Å²) in [6, 6.07) is 0. The van der Waals surface area contributed by atoms with E-state index in [0.717, 1.165) is 12.8 Å². The van der Waals surface area contributed by atoms with E-state index in [1.807, 2.05) is 0 Å². The lowest BCUT2D eigenvalue weighted by Crippen LogP contribution is -2.27. The number of carboxylic acids is 1. The van der Waals surface area contributed by atoms with Gasteiger partial charge in [0.25, 0.3) is 0 Å². The summed E-state index contributed by atoms with van der Waals surface area (Å²) in [6.45, 7) is 3.78. The molecular weight excluding hydrogens is 192 g/mol. The Hall–Kier alpha value is -0.570. The van der Waals surface area contributed by atoms with Crippen molar-refractivity contribution in [1.82, 2.24) is 0 Å². The van der Waals surface area contributed by atoms with Crippen LogP contribution in [0.4, 0.5) is 0 Å². The molecule has 0 saturated heterocycles. The number of unbranched alkanes of at least 4 members (excludes halogenated alkanes) is 5. The highest BCUT2D eigenvalue weighted by Crippen LogP contribution is 2.19. The molecule has 0 aliphatic rings. The van der Waals surface area contributed by atoms with Gasteiger partial charge in [-0.2, -0.15) is 0 Å². The highest BCUT2D eigenvalue weighted by atomic mass is 16.4. The van der Waals surface area contributed by atoms with Gasteiger partial charge >= 0.3 is 5.97 Å². The Morgan fingerprint density at radius 3 is 2.20 bits per heavy atom. The zero-order valence-electron chi connectivity index (χ0n) is 9.96. The second kappa shape index (κ2) is 7.69. The highest BCUT2D eigenvalue weighted by molar-refractivity contribution is 5.67. The summed E-state index contributed by atoms with van der Waals surface area (Å²) >= 11 is 0. The van der Waals surface area contributed by atoms with Crippen LogP contribution < -0.4 is 0 Å². The van der Waals surface area contributed by atoms with Gasteiger partial charge < -0.3 is 10.2 Å². The van der Waals surface area contributed by atoms with Crippen molar-refractivity contribution in [1.29, 1.82) is 0 Å². The number of hydrogen-bond acceptors (Lipinski definition) is 2. The smallest absolute Gasteiger partial charge is 0.306 e. The maximum absolute atomic E-state index is 10.4. The SMILES string of the molecule is CCCCCCCCC(C)(O)CC(=O)O. The van der Waals surface area contributed by atoms with Crippen LogP contribution in [0.5, 0.6) is 0 Å². The molecule has 0 aromatic heterocycles. The molecule has 2 N–H and O–H groups in total. The van der Waals surface area contributed by atoms with Gasteiger partial charge in [0.15, 0.2) is 0 Å². The van der Waals surface area contributed by atoms with Gasteiger partial charge in [0, 0.05) is 0 Å². The topological polar surface area (TPSA) is 57.5 Å². The Morgan fingerprint density at radius 1 is 1.13 bits per heavy atom. The summed E-state index contributed by atoms with van der Waals surface area (Å²) in [5.41, 5.74) is -1.03. The minimum Gasteiger partial charge on any atom is -0.481 e. The molecule has 0 aliphatic carbocycles. The van der Waals surface area contributed by atoms with Crippen molar-refractivity contribution in [2.24, 2.45) is 0 Å². The summed E-state index contributed by atoms with van der Waals surface area (Å²) in [5.74, 6) is -0.925. The lowest BCUT2D eigenvalue weighted by atomic mass is 9.94. The van der Waals surface area contributed by atoms with Gasteiger partial charge in [-0.1, -0.05) is 45.4 Å². The van der Waals surface area contributed by atoms with Gasteiger partial charge in [-0.15, -0.1) is 0 Å². The molecule has 1 atom stereocenters. The molecule has 15 heavy (non-hydrogen) atoms. The molecule has 0 heterocycles. The normalized spacial score (nSPS) is 14.9. The Balaban J connectivity index is 3.44. The van der Waals surface area contributed by atoms with Crippen molar-refractivity contribution in [3.05, 3.63) is 0 Å². The lowest BCUT2D eigenvalue weighted by Gasteiger charge is -2.20. The maximum atomic E-state index is 10.4. The largest absolute Gasteiger partial charge is 0.481 e. The molecule has 0 amide bonds. The predicted octanol–water partition coefficient (Wildman–Crippen LogP) is 2.96. The number of aliphatic hydroxyl groups is 1. The second-order valence-electron chi connectivity index (χ2n) is 4.59. The van der Waals surface area contributed by atoms with Gasteiger partial charge in [0.2, 0.25) is 0 Å². The Labute approximate surface area is 92.5 Å². The van der Waals surface area contributed by atoms with E-state index in [4.69, 9.17) is 5.11 Å². The van der Waals surface area contributed by atoms with Crippen LogP contribution in [0.15, 0.2) is 0 Å². The molecule has 0 bridgehead atoms. The number of carbonyl (C=O) groups is 1. The molecule has 3 nitrogen and oxygen atoms in total. The fraction of sp³-hybridized carbons (Fsp3) is 0.917. The Morgan fingerprint density at radius 2 is 1.67 bits per heavy atom. The fourth-order valence-electron chi connectivity index (χ4n) is 1.70. The van der Waals surface area contributed by atoms with Crippen LogP contribution in [0.25, 0.3) is 0 Å². The van der Waals surface area contributed by atoms with E-state index in [1.54, 1.807) is 6.92 Å². The van der Waals surface area contributed by atoms with E-state index in [1.165, 1.54) is 25.7 Å². The van der Waals surface area contributed by atoms with E-state index in [2.05, 4.69) is 6.92 Å². The molecule has 0 radical (unpaired) electrons. The first-order valence-corrected chi connectivity index (χ1v) is 5.92. The van der Waals surface area contributed by atoms with Crippen LogP contribution in [0.1, 0.15) is 65.2 Å². The summed E-state index contributed by atoms with van der Waals surface area (Å²) in [5, 5.41) is 18.3. The third kappa shape index (κ3) is 9.73. The van der Waals surface area contributed by atoms with Crippen molar-refractivity contribution < 1.29 is 15.0 Å². The molecule has 0 fully saturated rings. The van der Waals surface area contributed by atoms with E-state index in [9.17, 15) is 9.90 Å².